The molecule has 0 bridgehead atoms. The van der Waals surface area contributed by atoms with Crippen molar-refractivity contribution in [3.63, 3.8) is 0 Å². The monoisotopic (exact) mass is 282 g/mol. The summed E-state index contributed by atoms with van der Waals surface area (Å²) in [4.78, 5) is 18.1. The van der Waals surface area contributed by atoms with Crippen molar-refractivity contribution < 1.29 is 0 Å². The maximum atomic E-state index is 6.06. The van der Waals surface area contributed by atoms with Gasteiger partial charge in [0.1, 0.15) is 11.8 Å². The summed E-state index contributed by atoms with van der Waals surface area (Å²) >= 11 is 0. The summed E-state index contributed by atoms with van der Waals surface area (Å²) in [6.07, 6.45) is 3.18. The molecule has 0 atom stereocenters. The van der Waals surface area contributed by atoms with Gasteiger partial charge in [-0.3, -0.25) is 0 Å². The minimum Gasteiger partial charge on any atom is -0.398 e. The Kier molecular flexibility index (Phi) is 3.43. The Hall–Kier alpha value is -2.63. The number of nitrogen functional groups attached to an aromatic ring is 1. The van der Waals surface area contributed by atoms with E-state index in [4.69, 9.17) is 5.73 Å². The zero-order chi connectivity index (χ0) is 14.8. The third-order valence-electron chi connectivity index (χ3n) is 3.49. The van der Waals surface area contributed by atoms with Crippen molar-refractivity contribution in [3.05, 3.63) is 42.5 Å². The lowest BCUT2D eigenvalue weighted by molar-refractivity contribution is 0.675. The number of aromatic amines is 1. The highest BCUT2D eigenvalue weighted by Gasteiger charge is 2.18. The molecule has 108 valence electrons. The number of nitrogens with one attached hydrogen (secondary N) is 1. The van der Waals surface area contributed by atoms with Crippen LogP contribution in [0.15, 0.2) is 36.9 Å². The summed E-state index contributed by atoms with van der Waals surface area (Å²) in [6, 6.07) is 8.16. The lowest BCUT2D eigenvalue weighted by atomic mass is 10.1. The number of rotatable bonds is 4. The van der Waals surface area contributed by atoms with E-state index in [9.17, 15) is 0 Å². The van der Waals surface area contributed by atoms with Gasteiger partial charge in [-0.2, -0.15) is 0 Å². The maximum Gasteiger partial charge on any atom is 0.182 e. The van der Waals surface area contributed by atoms with E-state index in [0.717, 1.165) is 22.6 Å². The van der Waals surface area contributed by atoms with Crippen molar-refractivity contribution in [3.8, 4) is 0 Å². The smallest absolute Gasteiger partial charge is 0.182 e. The van der Waals surface area contributed by atoms with E-state index in [0.29, 0.717) is 12.2 Å². The summed E-state index contributed by atoms with van der Waals surface area (Å²) in [5.74, 6) is 0.843. The van der Waals surface area contributed by atoms with Crippen LogP contribution in [-0.4, -0.2) is 26.0 Å². The van der Waals surface area contributed by atoms with Crippen molar-refractivity contribution in [1.82, 2.24) is 19.9 Å². The summed E-state index contributed by atoms with van der Waals surface area (Å²) in [5, 5.41) is 0. The van der Waals surface area contributed by atoms with Crippen LogP contribution < -0.4 is 10.6 Å². The predicted octanol–water partition coefficient (Wildman–Crippen LogP) is 2.35. The van der Waals surface area contributed by atoms with Gasteiger partial charge in [0.15, 0.2) is 11.5 Å². The van der Waals surface area contributed by atoms with Crippen molar-refractivity contribution >= 4 is 22.7 Å². The van der Waals surface area contributed by atoms with Gasteiger partial charge in [0.05, 0.1) is 6.33 Å². The molecule has 0 radical (unpaired) electrons. The van der Waals surface area contributed by atoms with Crippen LogP contribution >= 0.6 is 0 Å². The number of anilines is 2. The Labute approximate surface area is 123 Å². The number of imidazole rings is 1. The first-order valence-corrected chi connectivity index (χ1v) is 6.91. The molecule has 0 aliphatic heterocycles. The number of H-pyrrole nitrogens is 1. The van der Waals surface area contributed by atoms with Crippen molar-refractivity contribution in [1.29, 1.82) is 0 Å². The molecule has 0 aliphatic carbocycles. The number of benzene rings is 1. The quantitative estimate of drug-likeness (QED) is 0.718. The minimum atomic E-state index is 0.269. The second-order valence-corrected chi connectivity index (χ2v) is 5.22. The van der Waals surface area contributed by atoms with Gasteiger partial charge in [-0.05, 0) is 25.5 Å². The fourth-order valence-electron chi connectivity index (χ4n) is 2.33. The lowest BCUT2D eigenvalue weighted by Crippen LogP contribution is -2.31. The van der Waals surface area contributed by atoms with Gasteiger partial charge in [-0.1, -0.05) is 18.2 Å². The van der Waals surface area contributed by atoms with Gasteiger partial charge in [0.25, 0.3) is 0 Å². The molecule has 3 N–H and O–H groups in total. The minimum absolute atomic E-state index is 0.269. The van der Waals surface area contributed by atoms with E-state index < -0.39 is 0 Å². The Morgan fingerprint density at radius 2 is 2.00 bits per heavy atom. The van der Waals surface area contributed by atoms with E-state index in [2.05, 4.69) is 38.7 Å². The highest BCUT2D eigenvalue weighted by atomic mass is 15.2. The molecule has 0 unspecified atom stereocenters. The SMILES string of the molecule is CC(C)N(Cc1ccccc1N)c1ncnc2nc[nH]c12. The summed E-state index contributed by atoms with van der Waals surface area (Å²) in [6.45, 7) is 4.95. The average Bonchev–Trinajstić information content (AvgIpc) is 2.94. The van der Waals surface area contributed by atoms with E-state index in [1.807, 2.05) is 24.3 Å². The number of nitrogens with zero attached hydrogens (tertiary/aromatic N) is 4. The molecule has 3 rings (SSSR count). The summed E-state index contributed by atoms with van der Waals surface area (Å²) in [7, 11) is 0. The van der Waals surface area contributed by atoms with Crippen LogP contribution in [0.2, 0.25) is 0 Å². The third kappa shape index (κ3) is 2.52. The lowest BCUT2D eigenvalue weighted by Gasteiger charge is -2.28. The van der Waals surface area contributed by atoms with Crippen LogP contribution in [0.5, 0.6) is 0 Å². The molecule has 1 aromatic carbocycles. The molecule has 0 fully saturated rings. The van der Waals surface area contributed by atoms with Gasteiger partial charge >= 0.3 is 0 Å². The van der Waals surface area contributed by atoms with Gasteiger partial charge < -0.3 is 15.6 Å². The first-order chi connectivity index (χ1) is 10.2. The summed E-state index contributed by atoms with van der Waals surface area (Å²) in [5.41, 5.74) is 9.45. The van der Waals surface area contributed by atoms with E-state index in [-0.39, 0.29) is 6.04 Å². The van der Waals surface area contributed by atoms with Crippen LogP contribution in [0.3, 0.4) is 0 Å². The van der Waals surface area contributed by atoms with Crippen LogP contribution in [0.25, 0.3) is 11.2 Å². The zero-order valence-corrected chi connectivity index (χ0v) is 12.1. The molecule has 6 nitrogen and oxygen atoms in total. The normalized spacial score (nSPS) is 11.2. The highest BCUT2D eigenvalue weighted by Crippen LogP contribution is 2.25. The van der Waals surface area contributed by atoms with Gasteiger partial charge in [0, 0.05) is 18.3 Å². The van der Waals surface area contributed by atoms with Gasteiger partial charge in [-0.15, -0.1) is 0 Å². The van der Waals surface area contributed by atoms with E-state index >= 15 is 0 Å². The van der Waals surface area contributed by atoms with Crippen molar-refractivity contribution in [2.75, 3.05) is 10.6 Å². The Balaban J connectivity index is 2.03. The molecule has 0 amide bonds. The molecule has 2 aromatic heterocycles. The molecule has 0 aliphatic rings. The third-order valence-corrected chi connectivity index (χ3v) is 3.49. The van der Waals surface area contributed by atoms with Crippen LogP contribution in [0, 0.1) is 0 Å². The Morgan fingerprint density at radius 3 is 2.76 bits per heavy atom. The number of nitrogens with two attached hydrogens (primary N) is 1. The summed E-state index contributed by atoms with van der Waals surface area (Å²) < 4.78 is 0. The second kappa shape index (κ2) is 5.40. The van der Waals surface area contributed by atoms with Gasteiger partial charge in [0.2, 0.25) is 0 Å². The topological polar surface area (TPSA) is 83.7 Å². The van der Waals surface area contributed by atoms with Crippen LogP contribution in [0.1, 0.15) is 19.4 Å². The molecule has 2 heterocycles. The van der Waals surface area contributed by atoms with Crippen LogP contribution in [0.4, 0.5) is 11.5 Å². The molecular weight excluding hydrogens is 264 g/mol. The van der Waals surface area contributed by atoms with Crippen molar-refractivity contribution in [2.24, 2.45) is 0 Å². The van der Waals surface area contributed by atoms with E-state index in [1.165, 1.54) is 0 Å². The Morgan fingerprint density at radius 1 is 1.19 bits per heavy atom. The first kappa shape index (κ1) is 13.4. The molecule has 0 spiro atoms. The second-order valence-electron chi connectivity index (χ2n) is 5.22. The number of fused-ring (bicyclic) bond motifs is 1. The standard InChI is InChI=1S/C15H18N6/c1-10(2)21(7-11-5-3-4-6-12(11)16)15-13-14(18-8-17-13)19-9-20-15/h3-6,8-10H,7,16H2,1-2H3,(H,17,18,19,20). The van der Waals surface area contributed by atoms with E-state index in [1.54, 1.807) is 12.7 Å². The molecular formula is C15H18N6. The van der Waals surface area contributed by atoms with Gasteiger partial charge in [-0.25, -0.2) is 15.0 Å². The number of hydrogen-bond acceptors (Lipinski definition) is 5. The maximum absolute atomic E-state index is 6.06. The molecule has 0 saturated carbocycles. The van der Waals surface area contributed by atoms with Crippen molar-refractivity contribution in [2.45, 2.75) is 26.4 Å². The number of hydrogen-bond donors (Lipinski definition) is 2. The molecule has 21 heavy (non-hydrogen) atoms. The average molecular weight is 282 g/mol. The first-order valence-electron chi connectivity index (χ1n) is 6.91. The molecule has 3 aromatic rings. The fraction of sp³-hybridized carbons (Fsp3) is 0.267. The molecule has 6 heteroatoms. The largest absolute Gasteiger partial charge is 0.398 e. The zero-order valence-electron chi connectivity index (χ0n) is 12.1. The number of aromatic nitrogens is 4. The predicted molar refractivity (Wildman–Crippen MR) is 83.9 cm³/mol. The highest BCUT2D eigenvalue weighted by molar-refractivity contribution is 5.82. The fourth-order valence-corrected chi connectivity index (χ4v) is 2.33. The number of para-hydroxylation sites is 1. The van der Waals surface area contributed by atoms with Crippen LogP contribution in [-0.2, 0) is 6.54 Å². The Bertz CT molecular complexity index is 749. The molecule has 0 saturated heterocycles.